The van der Waals surface area contributed by atoms with Gasteiger partial charge in [-0.05, 0) is 47.6 Å². The van der Waals surface area contributed by atoms with Crippen molar-refractivity contribution in [1.82, 2.24) is 0 Å². The van der Waals surface area contributed by atoms with Crippen molar-refractivity contribution < 1.29 is 9.72 Å². The van der Waals surface area contributed by atoms with Gasteiger partial charge in [0.1, 0.15) is 0 Å². The van der Waals surface area contributed by atoms with E-state index in [2.05, 4.69) is 41.8 Å². The lowest BCUT2D eigenvalue weighted by molar-refractivity contribution is -0.384. The Kier molecular flexibility index (Phi) is 5.42. The lowest BCUT2D eigenvalue weighted by atomic mass is 9.78. The highest BCUT2D eigenvalue weighted by molar-refractivity contribution is 6.01. The number of anilines is 2. The molecule has 33 heavy (non-hydrogen) atoms. The Hall–Kier alpha value is -3.93. The zero-order valence-electron chi connectivity index (χ0n) is 18.4. The van der Waals surface area contributed by atoms with Crippen LogP contribution >= 0.6 is 0 Å². The average molecular weight is 440 g/mol. The van der Waals surface area contributed by atoms with Gasteiger partial charge in [-0.3, -0.25) is 14.9 Å². The van der Waals surface area contributed by atoms with Crippen LogP contribution in [0.15, 0.2) is 84.1 Å². The first kappa shape index (κ1) is 20.9. The number of rotatable bonds is 4. The smallest absolute Gasteiger partial charge is 0.269 e. The lowest BCUT2D eigenvalue weighted by Gasteiger charge is -2.30. The number of ketones is 1. The van der Waals surface area contributed by atoms with Gasteiger partial charge < -0.3 is 10.6 Å². The van der Waals surface area contributed by atoms with Crippen molar-refractivity contribution >= 4 is 22.8 Å². The number of nitrogens with one attached hydrogen (secondary N) is 2. The summed E-state index contributed by atoms with van der Waals surface area (Å²) in [6.07, 6.45) is 2.09. The third kappa shape index (κ3) is 4.00. The highest BCUT2D eigenvalue weighted by Gasteiger charge is 2.36. The van der Waals surface area contributed by atoms with E-state index >= 15 is 0 Å². The molecule has 1 aliphatic heterocycles. The highest BCUT2D eigenvalue weighted by Crippen LogP contribution is 2.44. The number of carbonyl (C=O) groups excluding carboxylic acids is 1. The normalized spacial score (nSPS) is 19.6. The number of hydrogen-bond donors (Lipinski definition) is 2. The number of Topliss-reactive ketones (excluding diaryl/α,β-unsaturated/α-hetero) is 1. The molecule has 6 heteroatoms. The number of fused-ring (bicyclic) bond motifs is 1. The molecule has 0 saturated heterocycles. The molecule has 2 N–H and O–H groups in total. The first-order chi connectivity index (χ1) is 16.0. The van der Waals surface area contributed by atoms with Crippen LogP contribution in [-0.4, -0.2) is 10.7 Å². The quantitative estimate of drug-likeness (QED) is 0.377. The lowest BCUT2D eigenvalue weighted by Crippen LogP contribution is -2.26. The summed E-state index contributed by atoms with van der Waals surface area (Å²) in [5.41, 5.74) is 6.45. The fraction of sp³-hybridized carbons (Fsp3) is 0.222. The molecule has 6 nitrogen and oxygen atoms in total. The second-order valence-electron chi connectivity index (χ2n) is 8.62. The van der Waals surface area contributed by atoms with Gasteiger partial charge in [-0.25, -0.2) is 0 Å². The second-order valence-corrected chi connectivity index (χ2v) is 8.62. The Bertz CT molecular complexity index is 1260. The molecule has 3 aromatic rings. The summed E-state index contributed by atoms with van der Waals surface area (Å²) in [7, 11) is 0. The van der Waals surface area contributed by atoms with Crippen molar-refractivity contribution in [3.05, 3.63) is 111 Å². The number of allylic oxidation sites excluding steroid dienone is 1. The topological polar surface area (TPSA) is 84.3 Å². The standard InChI is InChI=1S/C27H25N3O3/c1-2-17-10-12-18(13-11-17)20-15-24-26(25(31)16-20)27(19-6-5-7-21(14-19)30(32)33)29-23-9-4-3-8-22(23)28-24/h3-14,20,27-29H,2,15-16H2,1H3. The molecule has 5 rings (SSSR count). The van der Waals surface area contributed by atoms with Gasteiger partial charge in [0.2, 0.25) is 0 Å². The highest BCUT2D eigenvalue weighted by atomic mass is 16.6. The van der Waals surface area contributed by atoms with Crippen LogP contribution < -0.4 is 10.6 Å². The predicted octanol–water partition coefficient (Wildman–Crippen LogP) is 6.14. The fourth-order valence-corrected chi connectivity index (χ4v) is 4.82. The minimum Gasteiger partial charge on any atom is -0.372 e. The minimum absolute atomic E-state index is 0.0130. The van der Waals surface area contributed by atoms with Gasteiger partial charge in [-0.15, -0.1) is 0 Å². The van der Waals surface area contributed by atoms with E-state index in [1.54, 1.807) is 12.1 Å². The molecule has 2 atom stereocenters. The van der Waals surface area contributed by atoms with Crippen LogP contribution in [0.4, 0.5) is 17.1 Å². The maximum absolute atomic E-state index is 13.6. The number of nitro groups is 1. The molecule has 0 radical (unpaired) electrons. The van der Waals surface area contributed by atoms with Crippen LogP contribution in [0.1, 0.15) is 48.4 Å². The van der Waals surface area contributed by atoms with Crippen molar-refractivity contribution in [2.24, 2.45) is 0 Å². The van der Waals surface area contributed by atoms with Crippen molar-refractivity contribution in [2.75, 3.05) is 10.6 Å². The second kappa shape index (κ2) is 8.54. The molecule has 2 unspecified atom stereocenters. The molecule has 0 fully saturated rings. The number of nitrogens with zero attached hydrogens (tertiary/aromatic N) is 1. The zero-order valence-corrected chi connectivity index (χ0v) is 18.4. The Morgan fingerprint density at radius 1 is 0.939 bits per heavy atom. The van der Waals surface area contributed by atoms with Gasteiger partial charge in [-0.1, -0.05) is 55.5 Å². The van der Waals surface area contributed by atoms with Gasteiger partial charge in [-0.2, -0.15) is 0 Å². The molecular formula is C27H25N3O3. The molecular weight excluding hydrogens is 414 g/mol. The van der Waals surface area contributed by atoms with E-state index in [0.29, 0.717) is 24.0 Å². The van der Waals surface area contributed by atoms with Crippen LogP contribution in [0.2, 0.25) is 0 Å². The molecule has 0 aromatic heterocycles. The SMILES string of the molecule is CCc1ccc(C2CC(=O)C3=C(C2)Nc2ccccc2NC3c2cccc([N+](=O)[O-])c2)cc1. The monoisotopic (exact) mass is 439 g/mol. The number of aryl methyl sites for hydroxylation is 1. The minimum atomic E-state index is -0.466. The van der Waals surface area contributed by atoms with Crippen molar-refractivity contribution in [1.29, 1.82) is 0 Å². The Balaban J connectivity index is 1.59. The number of hydrogen-bond acceptors (Lipinski definition) is 5. The predicted molar refractivity (Wildman–Crippen MR) is 129 cm³/mol. The zero-order chi connectivity index (χ0) is 22.9. The van der Waals surface area contributed by atoms with E-state index < -0.39 is 11.0 Å². The number of nitro benzene ring substituents is 1. The van der Waals surface area contributed by atoms with Crippen LogP contribution in [0, 0.1) is 10.1 Å². The van der Waals surface area contributed by atoms with Crippen molar-refractivity contribution in [2.45, 2.75) is 38.1 Å². The van der Waals surface area contributed by atoms with E-state index in [1.165, 1.54) is 11.6 Å². The van der Waals surface area contributed by atoms with Crippen molar-refractivity contribution in [3.8, 4) is 0 Å². The Morgan fingerprint density at radius 2 is 1.70 bits per heavy atom. The molecule has 0 spiro atoms. The van der Waals surface area contributed by atoms with Crippen LogP contribution in [-0.2, 0) is 11.2 Å². The number of benzene rings is 3. The molecule has 1 heterocycles. The molecule has 1 aliphatic carbocycles. The molecule has 3 aromatic carbocycles. The van der Waals surface area contributed by atoms with Gasteiger partial charge in [0.05, 0.1) is 22.3 Å². The molecule has 0 bridgehead atoms. The summed E-state index contributed by atoms with van der Waals surface area (Å²) in [6, 6.07) is 22.4. The third-order valence-electron chi connectivity index (χ3n) is 6.58. The summed E-state index contributed by atoms with van der Waals surface area (Å²) < 4.78 is 0. The largest absolute Gasteiger partial charge is 0.372 e. The summed E-state index contributed by atoms with van der Waals surface area (Å²) in [5, 5.41) is 18.4. The first-order valence-corrected chi connectivity index (χ1v) is 11.3. The summed E-state index contributed by atoms with van der Waals surface area (Å²) in [4.78, 5) is 24.6. The summed E-state index contributed by atoms with van der Waals surface area (Å²) in [6.45, 7) is 2.13. The fourth-order valence-electron chi connectivity index (χ4n) is 4.82. The number of non-ortho nitro benzene ring substituents is 1. The number of carbonyl (C=O) groups is 1. The first-order valence-electron chi connectivity index (χ1n) is 11.3. The van der Waals surface area contributed by atoms with E-state index in [0.717, 1.165) is 29.1 Å². The van der Waals surface area contributed by atoms with E-state index in [4.69, 9.17) is 0 Å². The molecule has 2 aliphatic rings. The summed E-state index contributed by atoms with van der Waals surface area (Å²) >= 11 is 0. The number of para-hydroxylation sites is 2. The Labute approximate surface area is 192 Å². The van der Waals surface area contributed by atoms with E-state index in [9.17, 15) is 14.9 Å². The molecule has 0 amide bonds. The maximum atomic E-state index is 13.6. The maximum Gasteiger partial charge on any atom is 0.269 e. The third-order valence-corrected chi connectivity index (χ3v) is 6.58. The van der Waals surface area contributed by atoms with Gasteiger partial charge in [0.25, 0.3) is 5.69 Å². The average Bonchev–Trinajstić information content (AvgIpc) is 3.01. The molecule has 0 saturated carbocycles. The van der Waals surface area contributed by atoms with Gasteiger partial charge in [0.15, 0.2) is 5.78 Å². The van der Waals surface area contributed by atoms with Crippen LogP contribution in [0.25, 0.3) is 0 Å². The van der Waals surface area contributed by atoms with E-state index in [1.807, 2.05) is 30.3 Å². The Morgan fingerprint density at radius 3 is 2.42 bits per heavy atom. The van der Waals surface area contributed by atoms with Crippen LogP contribution in [0.5, 0.6) is 0 Å². The van der Waals surface area contributed by atoms with Crippen molar-refractivity contribution in [3.63, 3.8) is 0 Å². The van der Waals surface area contributed by atoms with Gasteiger partial charge >= 0.3 is 0 Å². The van der Waals surface area contributed by atoms with Gasteiger partial charge in [0, 0.05) is 29.8 Å². The molecule has 166 valence electrons. The van der Waals surface area contributed by atoms with E-state index in [-0.39, 0.29) is 17.4 Å². The van der Waals surface area contributed by atoms with Crippen LogP contribution in [0.3, 0.4) is 0 Å². The summed E-state index contributed by atoms with van der Waals surface area (Å²) in [5.74, 6) is 0.149.